The van der Waals surface area contributed by atoms with Crippen LogP contribution in [0.1, 0.15) is 12.8 Å². The summed E-state index contributed by atoms with van der Waals surface area (Å²) in [6, 6.07) is 0. The van der Waals surface area contributed by atoms with Crippen LogP contribution in [0.2, 0.25) is 0 Å². The minimum absolute atomic E-state index is 0.171. The van der Waals surface area contributed by atoms with E-state index in [9.17, 15) is 19.2 Å². The third-order valence-electron chi connectivity index (χ3n) is 2.59. The van der Waals surface area contributed by atoms with Crippen LogP contribution in [0.25, 0.3) is 0 Å². The van der Waals surface area contributed by atoms with Crippen LogP contribution in [-0.2, 0) is 28.7 Å². The predicted molar refractivity (Wildman–Crippen MR) is 84.4 cm³/mol. The van der Waals surface area contributed by atoms with Crippen molar-refractivity contribution in [3.05, 3.63) is 22.0 Å². The summed E-state index contributed by atoms with van der Waals surface area (Å²) >= 11 is 2.30. The zero-order valence-corrected chi connectivity index (χ0v) is 13.9. The number of esters is 2. The van der Waals surface area contributed by atoms with Crippen molar-refractivity contribution in [1.29, 1.82) is 0 Å². The third kappa shape index (κ3) is 6.07. The second-order valence-electron chi connectivity index (χ2n) is 4.09. The lowest BCUT2D eigenvalue weighted by Crippen LogP contribution is -2.12. The first-order valence-electron chi connectivity index (χ1n) is 6.39. The summed E-state index contributed by atoms with van der Waals surface area (Å²) in [4.78, 5) is 46.4. The van der Waals surface area contributed by atoms with Gasteiger partial charge in [0.1, 0.15) is 0 Å². The predicted octanol–water partition coefficient (Wildman–Crippen LogP) is 1.50. The van der Waals surface area contributed by atoms with Gasteiger partial charge < -0.3 is 9.47 Å². The van der Waals surface area contributed by atoms with E-state index in [1.54, 1.807) is 0 Å². The largest absolute Gasteiger partial charge is 0.469 e. The fourth-order valence-electron chi connectivity index (χ4n) is 1.44. The summed E-state index contributed by atoms with van der Waals surface area (Å²) in [5.41, 5.74) is 0. The lowest BCUT2D eigenvalue weighted by Gasteiger charge is -2.11. The van der Waals surface area contributed by atoms with Gasteiger partial charge in [0, 0.05) is 23.7 Å². The Bertz CT molecular complexity index is 487. The molecule has 0 N–H and O–H groups in total. The van der Waals surface area contributed by atoms with Crippen LogP contribution in [-0.4, -0.2) is 49.2 Å². The standard InChI is InChI=1S/C14H16O6S2/c1-19-13(17)3-5-21-11-7-10(16)12(8-9(11)15)22-6-4-14(18)20-2/h7-8H,3-6H2,1-2H3. The Morgan fingerprint density at radius 2 is 1.23 bits per heavy atom. The molecule has 0 radical (unpaired) electrons. The highest BCUT2D eigenvalue weighted by Gasteiger charge is 2.21. The van der Waals surface area contributed by atoms with Gasteiger partial charge in [-0.1, -0.05) is 0 Å². The van der Waals surface area contributed by atoms with Gasteiger partial charge in [0.15, 0.2) is 11.6 Å². The molecule has 0 heterocycles. The highest BCUT2D eigenvalue weighted by molar-refractivity contribution is 8.04. The summed E-state index contributed by atoms with van der Waals surface area (Å²) in [6.45, 7) is 0. The summed E-state index contributed by atoms with van der Waals surface area (Å²) in [6.07, 6.45) is 2.88. The average molecular weight is 344 g/mol. The molecule has 0 bridgehead atoms. The van der Waals surface area contributed by atoms with Crippen molar-refractivity contribution < 1.29 is 28.7 Å². The van der Waals surface area contributed by atoms with Gasteiger partial charge in [0.25, 0.3) is 0 Å². The van der Waals surface area contributed by atoms with E-state index in [1.165, 1.54) is 26.4 Å². The maximum absolute atomic E-state index is 11.9. The van der Waals surface area contributed by atoms with Gasteiger partial charge in [-0.15, -0.1) is 23.5 Å². The molecule has 0 saturated heterocycles. The van der Waals surface area contributed by atoms with Crippen LogP contribution in [0.4, 0.5) is 0 Å². The maximum atomic E-state index is 11.9. The topological polar surface area (TPSA) is 86.7 Å². The SMILES string of the molecule is COC(=O)CCSC1=CC(=O)C(SCCC(=O)OC)=CC1=O. The van der Waals surface area contributed by atoms with Crippen molar-refractivity contribution in [3.8, 4) is 0 Å². The molecule has 0 aliphatic heterocycles. The summed E-state index contributed by atoms with van der Waals surface area (Å²) in [5.74, 6) is -0.522. The molecule has 0 atom stereocenters. The monoisotopic (exact) mass is 344 g/mol. The molecule has 1 aliphatic carbocycles. The van der Waals surface area contributed by atoms with Crippen LogP contribution >= 0.6 is 23.5 Å². The number of ether oxygens (including phenoxy) is 2. The van der Waals surface area contributed by atoms with E-state index < -0.39 is 0 Å². The minimum atomic E-state index is -0.364. The molecule has 0 unspecified atom stereocenters. The number of hydrogen-bond acceptors (Lipinski definition) is 8. The third-order valence-corrected chi connectivity index (χ3v) is 4.67. The number of ketones is 2. The molecule has 0 spiro atoms. The Kier molecular flexibility index (Phi) is 7.97. The molecule has 0 aromatic heterocycles. The van der Waals surface area contributed by atoms with Gasteiger partial charge in [-0.3, -0.25) is 19.2 Å². The van der Waals surface area contributed by atoms with Crippen molar-refractivity contribution in [1.82, 2.24) is 0 Å². The van der Waals surface area contributed by atoms with Crippen LogP contribution in [0.15, 0.2) is 22.0 Å². The number of carbonyl (C=O) groups is 4. The van der Waals surface area contributed by atoms with Gasteiger partial charge in [-0.25, -0.2) is 0 Å². The van der Waals surface area contributed by atoms with Gasteiger partial charge in [0.2, 0.25) is 0 Å². The van der Waals surface area contributed by atoms with E-state index in [0.29, 0.717) is 21.3 Å². The molecule has 1 aliphatic rings. The Morgan fingerprint density at radius 3 is 1.55 bits per heavy atom. The van der Waals surface area contributed by atoms with Crippen molar-refractivity contribution >= 4 is 47.0 Å². The van der Waals surface area contributed by atoms with Gasteiger partial charge in [-0.2, -0.15) is 0 Å². The van der Waals surface area contributed by atoms with Crippen molar-refractivity contribution in [2.24, 2.45) is 0 Å². The molecule has 120 valence electrons. The Morgan fingerprint density at radius 1 is 0.864 bits per heavy atom. The fourth-order valence-corrected chi connectivity index (χ4v) is 3.20. The molecule has 0 aromatic rings. The molecule has 22 heavy (non-hydrogen) atoms. The maximum Gasteiger partial charge on any atom is 0.306 e. The number of allylic oxidation sites excluding steroid dienone is 4. The Hall–Kier alpha value is -1.54. The average Bonchev–Trinajstić information content (AvgIpc) is 2.50. The first-order chi connectivity index (χ1) is 10.5. The second kappa shape index (κ2) is 9.47. The zero-order valence-electron chi connectivity index (χ0n) is 12.2. The Balaban J connectivity index is 2.48. The smallest absolute Gasteiger partial charge is 0.306 e. The first-order valence-corrected chi connectivity index (χ1v) is 8.36. The Labute approximate surface area is 136 Å². The van der Waals surface area contributed by atoms with Gasteiger partial charge >= 0.3 is 11.9 Å². The summed E-state index contributed by atoms with van der Waals surface area (Å²) in [7, 11) is 2.59. The summed E-state index contributed by atoms with van der Waals surface area (Å²) in [5, 5.41) is 0. The van der Waals surface area contributed by atoms with E-state index in [2.05, 4.69) is 9.47 Å². The quantitative estimate of drug-likeness (QED) is 0.484. The molecule has 6 nitrogen and oxygen atoms in total. The van der Waals surface area contributed by atoms with Crippen molar-refractivity contribution in [2.75, 3.05) is 25.7 Å². The number of methoxy groups -OCH3 is 2. The second-order valence-corrected chi connectivity index (χ2v) is 6.37. The van der Waals surface area contributed by atoms with Crippen molar-refractivity contribution in [3.63, 3.8) is 0 Å². The van der Waals surface area contributed by atoms with Crippen molar-refractivity contribution in [2.45, 2.75) is 12.8 Å². The highest BCUT2D eigenvalue weighted by Crippen LogP contribution is 2.28. The van der Waals surface area contributed by atoms with Crippen LogP contribution < -0.4 is 0 Å². The normalized spacial score (nSPS) is 14.3. The van der Waals surface area contributed by atoms with E-state index in [1.807, 2.05) is 0 Å². The number of hydrogen-bond donors (Lipinski definition) is 0. The molecular weight excluding hydrogens is 328 g/mol. The molecule has 8 heteroatoms. The molecule has 1 rings (SSSR count). The molecule has 0 amide bonds. The van der Waals surface area contributed by atoms with E-state index >= 15 is 0 Å². The number of rotatable bonds is 8. The molecular formula is C14H16O6S2. The highest BCUT2D eigenvalue weighted by atomic mass is 32.2. The molecule has 0 saturated carbocycles. The first kappa shape index (κ1) is 18.5. The summed E-state index contributed by atoms with van der Waals surface area (Å²) < 4.78 is 9.00. The fraction of sp³-hybridized carbons (Fsp3) is 0.429. The zero-order chi connectivity index (χ0) is 16.5. The van der Waals surface area contributed by atoms with Crippen LogP contribution in [0.3, 0.4) is 0 Å². The van der Waals surface area contributed by atoms with E-state index in [0.717, 1.165) is 23.5 Å². The van der Waals surface area contributed by atoms with E-state index in [4.69, 9.17) is 0 Å². The number of thioether (sulfide) groups is 2. The van der Waals surface area contributed by atoms with E-state index in [-0.39, 0.29) is 36.3 Å². The molecule has 0 fully saturated rings. The number of carbonyl (C=O) groups excluding carboxylic acids is 4. The van der Waals surface area contributed by atoms with Crippen LogP contribution in [0, 0.1) is 0 Å². The van der Waals surface area contributed by atoms with Gasteiger partial charge in [-0.05, 0) is 0 Å². The lowest BCUT2D eigenvalue weighted by molar-refractivity contribution is -0.141. The minimum Gasteiger partial charge on any atom is -0.469 e. The van der Waals surface area contributed by atoms with Crippen LogP contribution in [0.5, 0.6) is 0 Å². The lowest BCUT2D eigenvalue weighted by atomic mass is 10.2. The molecule has 0 aromatic carbocycles. The van der Waals surface area contributed by atoms with Gasteiger partial charge in [0.05, 0.1) is 36.9 Å².